The SMILES string of the molecule is O=C(CCc1ncc(-c2ccccc2)o1)OCc1nc(-c2ccc(C(F)(F)F)cc2)no1. The van der Waals surface area contributed by atoms with Crippen LogP contribution in [0.3, 0.4) is 0 Å². The van der Waals surface area contributed by atoms with Gasteiger partial charge in [-0.15, -0.1) is 0 Å². The summed E-state index contributed by atoms with van der Waals surface area (Å²) >= 11 is 0. The van der Waals surface area contributed by atoms with Crippen LogP contribution >= 0.6 is 0 Å². The third-order valence-corrected chi connectivity index (χ3v) is 4.45. The summed E-state index contributed by atoms with van der Waals surface area (Å²) in [6.07, 6.45) is -2.54. The van der Waals surface area contributed by atoms with Crippen LogP contribution < -0.4 is 0 Å². The van der Waals surface area contributed by atoms with E-state index in [0.717, 1.165) is 17.7 Å². The van der Waals surface area contributed by atoms with Gasteiger partial charge in [0.25, 0.3) is 5.89 Å². The normalized spacial score (nSPS) is 11.5. The van der Waals surface area contributed by atoms with Gasteiger partial charge in [0, 0.05) is 17.5 Å². The first kappa shape index (κ1) is 21.3. The highest BCUT2D eigenvalue weighted by Gasteiger charge is 2.30. The molecule has 0 aliphatic rings. The van der Waals surface area contributed by atoms with E-state index in [1.807, 2.05) is 30.3 Å². The molecule has 0 aliphatic carbocycles. The van der Waals surface area contributed by atoms with E-state index in [1.165, 1.54) is 12.1 Å². The smallest absolute Gasteiger partial charge is 0.416 e. The molecule has 0 aliphatic heterocycles. The number of halogens is 3. The van der Waals surface area contributed by atoms with Gasteiger partial charge in [0.2, 0.25) is 5.82 Å². The molecule has 0 saturated heterocycles. The third kappa shape index (κ3) is 5.20. The zero-order valence-corrected chi connectivity index (χ0v) is 16.5. The minimum atomic E-state index is -4.43. The molecule has 7 nitrogen and oxygen atoms in total. The van der Waals surface area contributed by atoms with Gasteiger partial charge >= 0.3 is 12.1 Å². The summed E-state index contributed by atoms with van der Waals surface area (Å²) in [4.78, 5) is 20.2. The summed E-state index contributed by atoms with van der Waals surface area (Å²) in [6.45, 7) is -0.257. The lowest BCUT2D eigenvalue weighted by Gasteiger charge is -2.05. The Kier molecular flexibility index (Phi) is 6.02. The molecule has 0 radical (unpaired) electrons. The molecule has 0 bridgehead atoms. The lowest BCUT2D eigenvalue weighted by molar-refractivity contribution is -0.145. The lowest BCUT2D eigenvalue weighted by atomic mass is 10.1. The van der Waals surface area contributed by atoms with Crippen LogP contribution in [-0.4, -0.2) is 21.1 Å². The van der Waals surface area contributed by atoms with Crippen molar-refractivity contribution in [3.05, 3.63) is 78.1 Å². The number of oxazole rings is 1. The highest BCUT2D eigenvalue weighted by Crippen LogP contribution is 2.30. The molecule has 0 amide bonds. The number of benzene rings is 2. The lowest BCUT2D eigenvalue weighted by Crippen LogP contribution is -2.06. The zero-order valence-electron chi connectivity index (χ0n) is 16.5. The quantitative estimate of drug-likeness (QED) is 0.368. The van der Waals surface area contributed by atoms with Crippen molar-refractivity contribution in [3.63, 3.8) is 0 Å². The van der Waals surface area contributed by atoms with E-state index in [4.69, 9.17) is 13.7 Å². The molecule has 2 heterocycles. The first-order chi connectivity index (χ1) is 15.4. The van der Waals surface area contributed by atoms with Crippen LogP contribution in [0.25, 0.3) is 22.7 Å². The number of hydrogen-bond donors (Lipinski definition) is 0. The fourth-order valence-electron chi connectivity index (χ4n) is 2.82. The minimum Gasteiger partial charge on any atom is -0.456 e. The predicted octanol–water partition coefficient (Wildman–Crippen LogP) is 5.09. The molecule has 0 spiro atoms. The monoisotopic (exact) mass is 443 g/mol. The molecule has 0 saturated carbocycles. The van der Waals surface area contributed by atoms with E-state index in [0.29, 0.717) is 17.2 Å². The molecule has 4 rings (SSSR count). The summed E-state index contributed by atoms with van der Waals surface area (Å²) in [6, 6.07) is 13.8. The number of ether oxygens (including phenoxy) is 1. The summed E-state index contributed by atoms with van der Waals surface area (Å²) in [5.41, 5.74) is 0.451. The number of aryl methyl sites for hydroxylation is 1. The van der Waals surface area contributed by atoms with Crippen molar-refractivity contribution in [1.29, 1.82) is 0 Å². The Balaban J connectivity index is 1.27. The number of alkyl halides is 3. The van der Waals surface area contributed by atoms with E-state index >= 15 is 0 Å². The maximum absolute atomic E-state index is 12.6. The number of hydrogen-bond acceptors (Lipinski definition) is 7. The zero-order chi connectivity index (χ0) is 22.6. The Morgan fingerprint density at radius 1 is 0.969 bits per heavy atom. The van der Waals surface area contributed by atoms with Crippen LogP contribution in [0.4, 0.5) is 13.2 Å². The standard InChI is InChI=1S/C22H16F3N3O4/c23-22(24,25)16-8-6-15(7-9-16)21-27-19(32-28-21)13-30-20(29)11-10-18-26-12-17(31-18)14-4-2-1-3-5-14/h1-9,12H,10-11,13H2. The largest absolute Gasteiger partial charge is 0.456 e. The molecule has 32 heavy (non-hydrogen) atoms. The summed E-state index contributed by atoms with van der Waals surface area (Å²) in [5.74, 6) is 0.617. The van der Waals surface area contributed by atoms with Crippen molar-refractivity contribution in [1.82, 2.24) is 15.1 Å². The molecular formula is C22H16F3N3O4. The highest BCUT2D eigenvalue weighted by atomic mass is 19.4. The number of rotatable bonds is 7. The van der Waals surface area contributed by atoms with Crippen LogP contribution in [0.2, 0.25) is 0 Å². The highest BCUT2D eigenvalue weighted by molar-refractivity contribution is 5.69. The molecule has 164 valence electrons. The van der Waals surface area contributed by atoms with Crippen molar-refractivity contribution >= 4 is 5.97 Å². The molecule has 0 fully saturated rings. The number of carbonyl (C=O) groups is 1. The average molecular weight is 443 g/mol. The van der Waals surface area contributed by atoms with Gasteiger partial charge in [-0.2, -0.15) is 18.2 Å². The van der Waals surface area contributed by atoms with Gasteiger partial charge in [0.05, 0.1) is 18.2 Å². The van der Waals surface area contributed by atoms with Gasteiger partial charge in [0.15, 0.2) is 18.3 Å². The van der Waals surface area contributed by atoms with Crippen LogP contribution in [0.15, 0.2) is 69.7 Å². The van der Waals surface area contributed by atoms with Gasteiger partial charge in [-0.05, 0) is 12.1 Å². The molecule has 2 aromatic heterocycles. The molecule has 0 unspecified atom stereocenters. The van der Waals surface area contributed by atoms with E-state index in [2.05, 4.69) is 15.1 Å². The van der Waals surface area contributed by atoms with Crippen LogP contribution in [0.1, 0.15) is 23.8 Å². The van der Waals surface area contributed by atoms with Crippen molar-refractivity contribution in [3.8, 4) is 22.7 Å². The summed E-state index contributed by atoms with van der Waals surface area (Å²) in [7, 11) is 0. The van der Waals surface area contributed by atoms with E-state index in [1.54, 1.807) is 6.20 Å². The van der Waals surface area contributed by atoms with Crippen molar-refractivity contribution in [2.75, 3.05) is 0 Å². The minimum absolute atomic E-state index is 0.0238. The molecule has 0 N–H and O–H groups in total. The topological polar surface area (TPSA) is 91.2 Å². The predicted molar refractivity (Wildman–Crippen MR) is 105 cm³/mol. The van der Waals surface area contributed by atoms with E-state index in [9.17, 15) is 18.0 Å². The van der Waals surface area contributed by atoms with Crippen LogP contribution in [0.5, 0.6) is 0 Å². The van der Waals surface area contributed by atoms with Crippen LogP contribution in [-0.2, 0) is 28.7 Å². The van der Waals surface area contributed by atoms with E-state index < -0.39 is 17.7 Å². The number of carbonyl (C=O) groups excluding carboxylic acids is 1. The van der Waals surface area contributed by atoms with Gasteiger partial charge in [0.1, 0.15) is 0 Å². The van der Waals surface area contributed by atoms with Gasteiger partial charge < -0.3 is 13.7 Å². The number of aromatic nitrogens is 3. The van der Waals surface area contributed by atoms with Crippen molar-refractivity contribution < 1.29 is 31.6 Å². The molecule has 0 atom stereocenters. The first-order valence-corrected chi connectivity index (χ1v) is 9.54. The van der Waals surface area contributed by atoms with Gasteiger partial charge in [-0.3, -0.25) is 4.79 Å². The molecule has 10 heteroatoms. The molecule has 2 aromatic carbocycles. The second kappa shape index (κ2) is 9.04. The van der Waals surface area contributed by atoms with Crippen LogP contribution in [0, 0.1) is 0 Å². The first-order valence-electron chi connectivity index (χ1n) is 9.54. The number of esters is 1. The Morgan fingerprint density at radius 3 is 2.44 bits per heavy atom. The van der Waals surface area contributed by atoms with Gasteiger partial charge in [-0.1, -0.05) is 47.6 Å². The maximum Gasteiger partial charge on any atom is 0.416 e. The Morgan fingerprint density at radius 2 is 1.72 bits per heavy atom. The second-order valence-corrected chi connectivity index (χ2v) is 6.73. The van der Waals surface area contributed by atoms with Crippen molar-refractivity contribution in [2.45, 2.75) is 25.6 Å². The Bertz CT molecular complexity index is 1190. The van der Waals surface area contributed by atoms with Crippen molar-refractivity contribution in [2.24, 2.45) is 0 Å². The maximum atomic E-state index is 12.6. The third-order valence-electron chi connectivity index (χ3n) is 4.45. The van der Waals surface area contributed by atoms with E-state index in [-0.39, 0.29) is 31.2 Å². The van der Waals surface area contributed by atoms with Gasteiger partial charge in [-0.25, -0.2) is 4.98 Å². The Labute approximate surface area is 179 Å². The fraction of sp³-hybridized carbons (Fsp3) is 0.182. The second-order valence-electron chi connectivity index (χ2n) is 6.73. The average Bonchev–Trinajstić information content (AvgIpc) is 3.46. The summed E-state index contributed by atoms with van der Waals surface area (Å²) in [5, 5.41) is 3.70. The summed E-state index contributed by atoms with van der Waals surface area (Å²) < 4.78 is 53.7. The molecule has 4 aromatic rings. The molecular weight excluding hydrogens is 427 g/mol. The number of nitrogens with zero attached hydrogens (tertiary/aromatic N) is 3. The Hall–Kier alpha value is -3.95. The fourth-order valence-corrected chi connectivity index (χ4v) is 2.82.